The number of hydrogen-bond donors (Lipinski definition) is 1. The van der Waals surface area contributed by atoms with E-state index in [1.165, 1.54) is 10.5 Å². The van der Waals surface area contributed by atoms with Gasteiger partial charge in [-0.1, -0.05) is 11.6 Å². The standard InChI is InChI=1S/C9H12BrNS/c1-6(2)3-8(11)9-4-7(10)5-12-9/h3-5,8H,11H2,1-2H3. The minimum Gasteiger partial charge on any atom is -0.320 e. The first kappa shape index (κ1) is 9.96. The zero-order valence-electron chi connectivity index (χ0n) is 7.17. The van der Waals surface area contributed by atoms with E-state index < -0.39 is 0 Å². The lowest BCUT2D eigenvalue weighted by Gasteiger charge is -2.02. The van der Waals surface area contributed by atoms with Gasteiger partial charge in [-0.15, -0.1) is 11.3 Å². The maximum absolute atomic E-state index is 5.92. The molecule has 2 N–H and O–H groups in total. The molecule has 1 aromatic rings. The van der Waals surface area contributed by atoms with E-state index in [2.05, 4.69) is 41.9 Å². The van der Waals surface area contributed by atoms with Crippen LogP contribution in [0.5, 0.6) is 0 Å². The van der Waals surface area contributed by atoms with Gasteiger partial charge in [0.25, 0.3) is 0 Å². The maximum atomic E-state index is 5.92. The van der Waals surface area contributed by atoms with Crippen LogP contribution in [-0.4, -0.2) is 0 Å². The van der Waals surface area contributed by atoms with Crippen molar-refractivity contribution in [2.45, 2.75) is 19.9 Å². The molecule has 1 heterocycles. The van der Waals surface area contributed by atoms with Gasteiger partial charge < -0.3 is 5.73 Å². The zero-order valence-corrected chi connectivity index (χ0v) is 9.58. The first-order valence-electron chi connectivity index (χ1n) is 3.74. The lowest BCUT2D eigenvalue weighted by molar-refractivity contribution is 0.922. The molecular formula is C9H12BrNS. The second-order valence-corrected chi connectivity index (χ2v) is 4.80. The van der Waals surface area contributed by atoms with Crippen LogP contribution in [0.1, 0.15) is 24.8 Å². The Balaban J connectivity index is 2.78. The van der Waals surface area contributed by atoms with Crippen molar-refractivity contribution in [3.05, 3.63) is 32.4 Å². The Kier molecular flexibility index (Phi) is 3.50. The summed E-state index contributed by atoms with van der Waals surface area (Å²) in [5.74, 6) is 0. The van der Waals surface area contributed by atoms with Crippen LogP contribution < -0.4 is 5.73 Å². The van der Waals surface area contributed by atoms with Crippen LogP contribution in [0.4, 0.5) is 0 Å². The minimum absolute atomic E-state index is 0.0475. The summed E-state index contributed by atoms with van der Waals surface area (Å²) in [6, 6.07) is 2.11. The maximum Gasteiger partial charge on any atom is 0.0578 e. The van der Waals surface area contributed by atoms with Crippen LogP contribution >= 0.6 is 27.3 Å². The summed E-state index contributed by atoms with van der Waals surface area (Å²) in [7, 11) is 0. The highest BCUT2D eigenvalue weighted by Gasteiger charge is 2.04. The highest BCUT2D eigenvalue weighted by atomic mass is 79.9. The quantitative estimate of drug-likeness (QED) is 0.794. The van der Waals surface area contributed by atoms with Gasteiger partial charge in [0, 0.05) is 14.7 Å². The molecule has 12 heavy (non-hydrogen) atoms. The number of hydrogen-bond acceptors (Lipinski definition) is 2. The molecular weight excluding hydrogens is 234 g/mol. The van der Waals surface area contributed by atoms with Crippen molar-refractivity contribution in [1.29, 1.82) is 0 Å². The van der Waals surface area contributed by atoms with Gasteiger partial charge in [-0.25, -0.2) is 0 Å². The fourth-order valence-electron chi connectivity index (χ4n) is 0.944. The highest BCUT2D eigenvalue weighted by Crippen LogP contribution is 2.25. The summed E-state index contributed by atoms with van der Waals surface area (Å²) in [6.07, 6.45) is 2.07. The Morgan fingerprint density at radius 2 is 2.33 bits per heavy atom. The molecule has 0 saturated carbocycles. The zero-order chi connectivity index (χ0) is 9.14. The third-order valence-corrected chi connectivity index (χ3v) is 3.22. The van der Waals surface area contributed by atoms with E-state index in [4.69, 9.17) is 5.73 Å². The van der Waals surface area contributed by atoms with Gasteiger partial charge in [-0.2, -0.15) is 0 Å². The number of allylic oxidation sites excluding steroid dienone is 1. The van der Waals surface area contributed by atoms with Crippen molar-refractivity contribution in [2.75, 3.05) is 0 Å². The van der Waals surface area contributed by atoms with Crippen molar-refractivity contribution in [1.82, 2.24) is 0 Å². The van der Waals surface area contributed by atoms with Gasteiger partial charge in [0.1, 0.15) is 0 Å². The largest absolute Gasteiger partial charge is 0.320 e. The molecule has 0 fully saturated rings. The summed E-state index contributed by atoms with van der Waals surface area (Å²) < 4.78 is 1.11. The van der Waals surface area contributed by atoms with Crippen LogP contribution in [-0.2, 0) is 0 Å². The van der Waals surface area contributed by atoms with E-state index in [1.807, 2.05) is 5.38 Å². The van der Waals surface area contributed by atoms with Gasteiger partial charge >= 0.3 is 0 Å². The predicted molar refractivity (Wildman–Crippen MR) is 58.4 cm³/mol. The second kappa shape index (κ2) is 4.21. The Labute approximate surface area is 85.4 Å². The predicted octanol–water partition coefficient (Wildman–Crippen LogP) is 3.48. The van der Waals surface area contributed by atoms with Crippen LogP contribution in [0.2, 0.25) is 0 Å². The topological polar surface area (TPSA) is 26.0 Å². The fraction of sp³-hybridized carbons (Fsp3) is 0.333. The first-order chi connectivity index (χ1) is 5.59. The van der Waals surface area contributed by atoms with Crippen molar-refractivity contribution in [2.24, 2.45) is 5.73 Å². The summed E-state index contributed by atoms with van der Waals surface area (Å²) in [5.41, 5.74) is 7.18. The molecule has 0 aliphatic rings. The number of nitrogens with two attached hydrogens (primary N) is 1. The smallest absolute Gasteiger partial charge is 0.0578 e. The molecule has 1 unspecified atom stereocenters. The third kappa shape index (κ3) is 2.73. The summed E-state index contributed by atoms with van der Waals surface area (Å²) in [4.78, 5) is 1.20. The summed E-state index contributed by atoms with van der Waals surface area (Å²) in [5, 5.41) is 2.05. The molecule has 1 nitrogen and oxygen atoms in total. The SMILES string of the molecule is CC(C)=CC(N)c1cc(Br)cs1. The molecule has 66 valence electrons. The van der Waals surface area contributed by atoms with Crippen molar-refractivity contribution in [3.8, 4) is 0 Å². The van der Waals surface area contributed by atoms with Gasteiger partial charge in [-0.05, 0) is 35.8 Å². The molecule has 0 aliphatic heterocycles. The summed E-state index contributed by atoms with van der Waals surface area (Å²) in [6.45, 7) is 4.12. The normalized spacial score (nSPS) is 12.7. The molecule has 3 heteroatoms. The number of rotatable bonds is 2. The first-order valence-corrected chi connectivity index (χ1v) is 5.41. The molecule has 1 atom stereocenters. The van der Waals surface area contributed by atoms with Crippen LogP contribution in [0.15, 0.2) is 27.6 Å². The van der Waals surface area contributed by atoms with Crippen molar-refractivity contribution >= 4 is 27.3 Å². The van der Waals surface area contributed by atoms with E-state index in [0.29, 0.717) is 0 Å². The van der Waals surface area contributed by atoms with Gasteiger partial charge in [0.05, 0.1) is 6.04 Å². The Morgan fingerprint density at radius 3 is 2.75 bits per heavy atom. The van der Waals surface area contributed by atoms with E-state index in [9.17, 15) is 0 Å². The number of halogens is 1. The molecule has 0 aliphatic carbocycles. The molecule has 0 spiro atoms. The molecule has 0 saturated heterocycles. The van der Waals surface area contributed by atoms with Crippen LogP contribution in [0.3, 0.4) is 0 Å². The van der Waals surface area contributed by atoms with E-state index in [-0.39, 0.29) is 6.04 Å². The Bertz CT molecular complexity index is 286. The van der Waals surface area contributed by atoms with Gasteiger partial charge in [0.2, 0.25) is 0 Å². The van der Waals surface area contributed by atoms with Gasteiger partial charge in [0.15, 0.2) is 0 Å². The minimum atomic E-state index is 0.0475. The number of thiophene rings is 1. The average Bonchev–Trinajstić information content (AvgIpc) is 2.34. The Hall–Kier alpha value is -0.120. The van der Waals surface area contributed by atoms with E-state index in [1.54, 1.807) is 11.3 Å². The Morgan fingerprint density at radius 1 is 1.67 bits per heavy atom. The van der Waals surface area contributed by atoms with Crippen LogP contribution in [0.25, 0.3) is 0 Å². The van der Waals surface area contributed by atoms with Crippen molar-refractivity contribution in [3.63, 3.8) is 0 Å². The molecule has 1 aromatic heterocycles. The molecule has 0 bridgehead atoms. The molecule has 0 radical (unpaired) electrons. The van der Waals surface area contributed by atoms with Crippen molar-refractivity contribution < 1.29 is 0 Å². The fourth-order valence-corrected chi connectivity index (χ4v) is 2.36. The molecule has 0 amide bonds. The van der Waals surface area contributed by atoms with Crippen LogP contribution in [0, 0.1) is 0 Å². The van der Waals surface area contributed by atoms with Gasteiger partial charge in [-0.3, -0.25) is 0 Å². The molecule has 1 rings (SSSR count). The monoisotopic (exact) mass is 245 g/mol. The average molecular weight is 246 g/mol. The van der Waals surface area contributed by atoms with E-state index >= 15 is 0 Å². The molecule has 0 aromatic carbocycles. The lowest BCUT2D eigenvalue weighted by Crippen LogP contribution is -2.04. The van der Waals surface area contributed by atoms with E-state index in [0.717, 1.165) is 4.47 Å². The third-order valence-electron chi connectivity index (χ3n) is 1.43. The highest BCUT2D eigenvalue weighted by molar-refractivity contribution is 9.10. The lowest BCUT2D eigenvalue weighted by atomic mass is 10.2. The second-order valence-electron chi connectivity index (χ2n) is 2.94. The summed E-state index contributed by atoms with van der Waals surface area (Å²) >= 11 is 5.08.